The minimum Gasteiger partial charge on any atom is -0.0654 e. The highest BCUT2D eigenvalue weighted by molar-refractivity contribution is 6.33. The highest BCUT2D eigenvalue weighted by atomic mass is 14.2. The third-order valence-electron chi connectivity index (χ3n) is 10.2. The van der Waals surface area contributed by atoms with Gasteiger partial charge in [0.1, 0.15) is 0 Å². The number of hydrogen-bond donors (Lipinski definition) is 0. The standard InChI is InChI=1S/C44H60/c1-5-9-13-17-21-33-25-37-26-34(22-18-14-10-6-2)31-41-42-32-36(24-20-16-12-8-4)28-38-27-35(23-19-15-11-7-3)30-40(44(38)42)39(29-33)43(37)41/h25-32H,5-24H2,1-4H3. The third-order valence-corrected chi connectivity index (χ3v) is 10.2. The van der Waals surface area contributed by atoms with Gasteiger partial charge < -0.3 is 0 Å². The minimum atomic E-state index is 1.20. The molecule has 0 bridgehead atoms. The molecule has 0 aromatic heterocycles. The first kappa shape index (κ1) is 32.8. The van der Waals surface area contributed by atoms with E-state index in [0.29, 0.717) is 0 Å². The van der Waals surface area contributed by atoms with Gasteiger partial charge in [-0.1, -0.05) is 153 Å². The zero-order chi connectivity index (χ0) is 30.7. The van der Waals surface area contributed by atoms with Crippen LogP contribution in [0.4, 0.5) is 0 Å². The van der Waals surface area contributed by atoms with Crippen molar-refractivity contribution in [1.82, 2.24) is 0 Å². The molecule has 0 N–H and O–H groups in total. The number of aryl methyl sites for hydroxylation is 4. The average molecular weight is 589 g/mol. The van der Waals surface area contributed by atoms with E-state index in [0.717, 1.165) is 0 Å². The fraction of sp³-hybridized carbons (Fsp3) is 0.545. The van der Waals surface area contributed by atoms with Crippen molar-refractivity contribution in [2.45, 2.75) is 156 Å². The summed E-state index contributed by atoms with van der Waals surface area (Å²) in [6, 6.07) is 20.6. The molecular formula is C44H60. The fourth-order valence-electron chi connectivity index (χ4n) is 7.73. The number of fused-ring (bicyclic) bond motifs is 2. The first-order valence-electron chi connectivity index (χ1n) is 18.9. The van der Waals surface area contributed by atoms with Crippen LogP contribution in [0, 0.1) is 0 Å². The van der Waals surface area contributed by atoms with Crippen molar-refractivity contribution in [3.05, 3.63) is 70.8 Å². The molecule has 0 aliphatic rings. The number of benzene rings is 5. The van der Waals surface area contributed by atoms with Gasteiger partial charge in [-0.15, -0.1) is 0 Å². The molecule has 0 nitrogen and oxygen atoms in total. The van der Waals surface area contributed by atoms with Gasteiger partial charge in [0.2, 0.25) is 0 Å². The Morgan fingerprint density at radius 3 is 0.773 bits per heavy atom. The highest BCUT2D eigenvalue weighted by Gasteiger charge is 2.17. The van der Waals surface area contributed by atoms with E-state index in [-0.39, 0.29) is 0 Å². The smallest absolute Gasteiger partial charge is 0.00260 e. The van der Waals surface area contributed by atoms with Crippen LogP contribution in [0.5, 0.6) is 0 Å². The zero-order valence-corrected chi connectivity index (χ0v) is 28.8. The molecule has 5 aromatic carbocycles. The molecule has 0 heterocycles. The first-order chi connectivity index (χ1) is 21.7. The Bertz CT molecular complexity index is 1370. The van der Waals surface area contributed by atoms with Crippen LogP contribution in [0.15, 0.2) is 48.5 Å². The Morgan fingerprint density at radius 2 is 0.545 bits per heavy atom. The summed E-state index contributed by atoms with van der Waals surface area (Å²) in [6.07, 6.45) is 25.9. The van der Waals surface area contributed by atoms with Crippen LogP contribution in [0.3, 0.4) is 0 Å². The lowest BCUT2D eigenvalue weighted by molar-refractivity contribution is 0.666. The molecule has 0 saturated heterocycles. The maximum absolute atomic E-state index is 2.59. The zero-order valence-electron chi connectivity index (χ0n) is 28.8. The maximum atomic E-state index is 2.59. The molecule has 5 rings (SSSR count). The summed E-state index contributed by atoms with van der Waals surface area (Å²) >= 11 is 0. The lowest BCUT2D eigenvalue weighted by atomic mass is 9.84. The Hall–Kier alpha value is -2.60. The molecular weight excluding hydrogens is 528 g/mol. The summed E-state index contributed by atoms with van der Waals surface area (Å²) in [7, 11) is 0. The topological polar surface area (TPSA) is 0 Å². The van der Waals surface area contributed by atoms with Crippen LogP contribution < -0.4 is 0 Å². The van der Waals surface area contributed by atoms with Gasteiger partial charge in [-0.05, 0) is 117 Å². The van der Waals surface area contributed by atoms with Crippen molar-refractivity contribution < 1.29 is 0 Å². The van der Waals surface area contributed by atoms with Gasteiger partial charge in [0.25, 0.3) is 0 Å². The summed E-state index contributed by atoms with van der Waals surface area (Å²) in [6.45, 7) is 9.27. The van der Waals surface area contributed by atoms with Crippen LogP contribution in [-0.4, -0.2) is 0 Å². The molecule has 0 aliphatic heterocycles. The molecule has 236 valence electrons. The fourth-order valence-corrected chi connectivity index (χ4v) is 7.73. The van der Waals surface area contributed by atoms with Gasteiger partial charge >= 0.3 is 0 Å². The second kappa shape index (κ2) is 16.6. The summed E-state index contributed by atoms with van der Waals surface area (Å²) in [5.74, 6) is 0. The van der Waals surface area contributed by atoms with Gasteiger partial charge in [-0.3, -0.25) is 0 Å². The first-order valence-corrected chi connectivity index (χ1v) is 18.9. The Morgan fingerprint density at radius 1 is 0.295 bits per heavy atom. The van der Waals surface area contributed by atoms with E-state index in [4.69, 9.17) is 0 Å². The van der Waals surface area contributed by atoms with Gasteiger partial charge in [-0.2, -0.15) is 0 Å². The van der Waals surface area contributed by atoms with Gasteiger partial charge in [0.15, 0.2) is 0 Å². The van der Waals surface area contributed by atoms with Crippen molar-refractivity contribution in [2.24, 2.45) is 0 Å². The van der Waals surface area contributed by atoms with E-state index in [2.05, 4.69) is 76.2 Å². The predicted molar refractivity (Wildman–Crippen MR) is 199 cm³/mol. The quantitative estimate of drug-likeness (QED) is 0.0482. The molecule has 0 amide bonds. The minimum absolute atomic E-state index is 1.20. The van der Waals surface area contributed by atoms with E-state index in [1.807, 2.05) is 0 Å². The molecule has 0 heteroatoms. The molecule has 0 atom stereocenters. The molecule has 44 heavy (non-hydrogen) atoms. The Labute approximate surface area is 269 Å². The summed E-state index contributed by atoms with van der Waals surface area (Å²) < 4.78 is 0. The number of hydrogen-bond acceptors (Lipinski definition) is 0. The number of rotatable bonds is 20. The van der Waals surface area contributed by atoms with Crippen LogP contribution in [0.2, 0.25) is 0 Å². The van der Waals surface area contributed by atoms with E-state index in [1.165, 1.54) is 194 Å². The maximum Gasteiger partial charge on any atom is -0.00260 e. The van der Waals surface area contributed by atoms with Crippen LogP contribution in [0.1, 0.15) is 153 Å². The lowest BCUT2D eigenvalue weighted by Gasteiger charge is -2.19. The van der Waals surface area contributed by atoms with Gasteiger partial charge in [0, 0.05) is 0 Å². The van der Waals surface area contributed by atoms with Crippen molar-refractivity contribution in [3.8, 4) is 0 Å². The van der Waals surface area contributed by atoms with E-state index >= 15 is 0 Å². The normalized spacial score (nSPS) is 12.1. The predicted octanol–water partition coefficient (Wildman–Crippen LogP) is 14.2. The molecule has 0 saturated carbocycles. The van der Waals surface area contributed by atoms with Crippen molar-refractivity contribution >= 4 is 43.1 Å². The van der Waals surface area contributed by atoms with E-state index in [1.54, 1.807) is 0 Å². The van der Waals surface area contributed by atoms with Crippen LogP contribution in [-0.2, 0) is 25.7 Å². The van der Waals surface area contributed by atoms with Crippen LogP contribution >= 0.6 is 0 Å². The van der Waals surface area contributed by atoms with Crippen LogP contribution in [0.25, 0.3) is 43.1 Å². The van der Waals surface area contributed by atoms with E-state index in [9.17, 15) is 0 Å². The second-order valence-corrected chi connectivity index (χ2v) is 14.0. The summed E-state index contributed by atoms with van der Waals surface area (Å²) in [5.41, 5.74) is 6.15. The van der Waals surface area contributed by atoms with Gasteiger partial charge in [0.05, 0.1) is 0 Å². The third kappa shape index (κ3) is 7.97. The number of unbranched alkanes of at least 4 members (excludes halogenated alkanes) is 12. The second-order valence-electron chi connectivity index (χ2n) is 14.0. The largest absolute Gasteiger partial charge is 0.0654 e. The van der Waals surface area contributed by atoms with Crippen molar-refractivity contribution in [1.29, 1.82) is 0 Å². The highest BCUT2D eigenvalue weighted by Crippen LogP contribution is 2.43. The molecule has 0 fully saturated rings. The lowest BCUT2D eigenvalue weighted by Crippen LogP contribution is -1.96. The molecule has 0 aliphatic carbocycles. The van der Waals surface area contributed by atoms with Crippen molar-refractivity contribution in [3.63, 3.8) is 0 Å². The monoisotopic (exact) mass is 588 g/mol. The Balaban J connectivity index is 1.70. The van der Waals surface area contributed by atoms with E-state index < -0.39 is 0 Å². The summed E-state index contributed by atoms with van der Waals surface area (Å²) in [4.78, 5) is 0. The van der Waals surface area contributed by atoms with Crippen molar-refractivity contribution in [2.75, 3.05) is 0 Å². The molecule has 5 aromatic rings. The average Bonchev–Trinajstić information content (AvgIpc) is 3.03. The van der Waals surface area contributed by atoms with Gasteiger partial charge in [-0.25, -0.2) is 0 Å². The molecule has 0 unspecified atom stereocenters. The SMILES string of the molecule is CCCCCCc1cc2cc(CCCCCC)cc3c4cc(CCCCCC)cc5cc(CCCCCC)cc(c(c1)c23)c54. The molecule has 0 radical (unpaired) electrons. The molecule has 0 spiro atoms. The summed E-state index contributed by atoms with van der Waals surface area (Å²) in [5, 5.41) is 12.0. The Kier molecular flexibility index (Phi) is 12.4.